The highest BCUT2D eigenvalue weighted by Gasteiger charge is 2.19. The third-order valence-corrected chi connectivity index (χ3v) is 4.01. The first-order valence-corrected chi connectivity index (χ1v) is 6.98. The first-order chi connectivity index (χ1) is 7.76. The average molecular weight is 258 g/mol. The highest BCUT2D eigenvalue weighted by molar-refractivity contribution is 7.98. The van der Waals surface area contributed by atoms with Crippen LogP contribution >= 0.6 is 23.4 Å². The zero-order chi connectivity index (χ0) is 11.5. The van der Waals surface area contributed by atoms with Crippen LogP contribution in [0, 0.1) is 0 Å². The summed E-state index contributed by atoms with van der Waals surface area (Å²) >= 11 is 7.91. The van der Waals surface area contributed by atoms with Crippen LogP contribution in [0.3, 0.4) is 0 Å². The second-order valence-electron chi connectivity index (χ2n) is 3.93. The third kappa shape index (κ3) is 2.31. The quantitative estimate of drug-likeness (QED) is 0.841. The van der Waals surface area contributed by atoms with Crippen molar-refractivity contribution in [3.63, 3.8) is 0 Å². The van der Waals surface area contributed by atoms with Gasteiger partial charge in [-0.15, -0.1) is 11.8 Å². The van der Waals surface area contributed by atoms with Crippen LogP contribution in [-0.4, -0.2) is 26.5 Å². The number of hydrogen-bond donors (Lipinski definition) is 1. The molecule has 1 aromatic rings. The van der Waals surface area contributed by atoms with Gasteiger partial charge in [-0.05, 0) is 42.8 Å². The van der Waals surface area contributed by atoms with Crippen molar-refractivity contribution in [2.45, 2.75) is 17.2 Å². The van der Waals surface area contributed by atoms with Gasteiger partial charge >= 0.3 is 0 Å². The minimum Gasteiger partial charge on any atom is -0.494 e. The number of rotatable bonds is 3. The molecule has 0 bridgehead atoms. The van der Waals surface area contributed by atoms with E-state index in [1.54, 1.807) is 18.9 Å². The van der Waals surface area contributed by atoms with E-state index < -0.39 is 0 Å². The minimum atomic E-state index is 0.592. The van der Waals surface area contributed by atoms with Gasteiger partial charge in [0.05, 0.1) is 17.0 Å². The van der Waals surface area contributed by atoms with Crippen LogP contribution in [0.2, 0.25) is 5.02 Å². The molecule has 0 aromatic heterocycles. The summed E-state index contributed by atoms with van der Waals surface area (Å²) in [6.07, 6.45) is 3.24. The molecule has 2 nitrogen and oxygen atoms in total. The molecule has 16 heavy (non-hydrogen) atoms. The molecule has 1 aromatic carbocycles. The van der Waals surface area contributed by atoms with Crippen LogP contribution in [0.25, 0.3) is 0 Å². The molecule has 1 unspecified atom stereocenters. The van der Waals surface area contributed by atoms with Crippen molar-refractivity contribution in [1.29, 1.82) is 0 Å². The maximum Gasteiger partial charge on any atom is 0.150 e. The van der Waals surface area contributed by atoms with Crippen molar-refractivity contribution in [1.82, 2.24) is 5.32 Å². The van der Waals surface area contributed by atoms with Gasteiger partial charge in [-0.25, -0.2) is 0 Å². The van der Waals surface area contributed by atoms with Gasteiger partial charge in [0.1, 0.15) is 0 Å². The van der Waals surface area contributed by atoms with Gasteiger partial charge in [0.2, 0.25) is 0 Å². The second kappa shape index (κ2) is 5.30. The van der Waals surface area contributed by atoms with Crippen molar-refractivity contribution in [2.24, 2.45) is 0 Å². The third-order valence-electron chi connectivity index (χ3n) is 2.99. The topological polar surface area (TPSA) is 21.3 Å². The molecule has 1 fully saturated rings. The van der Waals surface area contributed by atoms with Gasteiger partial charge < -0.3 is 10.1 Å². The van der Waals surface area contributed by atoms with E-state index in [4.69, 9.17) is 16.3 Å². The van der Waals surface area contributed by atoms with E-state index in [0.717, 1.165) is 28.8 Å². The van der Waals surface area contributed by atoms with Crippen molar-refractivity contribution >= 4 is 23.4 Å². The number of methoxy groups -OCH3 is 1. The van der Waals surface area contributed by atoms with Gasteiger partial charge in [-0.1, -0.05) is 11.6 Å². The van der Waals surface area contributed by atoms with E-state index in [1.807, 2.05) is 12.3 Å². The number of thioether (sulfide) groups is 1. The van der Waals surface area contributed by atoms with E-state index >= 15 is 0 Å². The van der Waals surface area contributed by atoms with E-state index in [2.05, 4.69) is 11.4 Å². The Hall–Kier alpha value is -0.380. The molecule has 4 heteroatoms. The van der Waals surface area contributed by atoms with Crippen LogP contribution in [0.15, 0.2) is 17.0 Å². The Labute approximate surface area is 106 Å². The monoisotopic (exact) mass is 257 g/mol. The van der Waals surface area contributed by atoms with Gasteiger partial charge in [0.25, 0.3) is 0 Å². The van der Waals surface area contributed by atoms with E-state index in [1.165, 1.54) is 12.0 Å². The fourth-order valence-corrected chi connectivity index (χ4v) is 3.11. The number of benzene rings is 1. The minimum absolute atomic E-state index is 0.592. The SMILES string of the molecule is COc1c(Cl)cc(C2CCNC2)cc1SC. The summed E-state index contributed by atoms with van der Waals surface area (Å²) in [4.78, 5) is 1.12. The normalized spacial score (nSPS) is 20.1. The Kier molecular flexibility index (Phi) is 4.00. The zero-order valence-electron chi connectivity index (χ0n) is 9.55. The maximum absolute atomic E-state index is 6.23. The first kappa shape index (κ1) is 12.1. The van der Waals surface area contributed by atoms with Crippen LogP contribution in [0.1, 0.15) is 17.9 Å². The molecule has 0 radical (unpaired) electrons. The molecule has 1 aliphatic rings. The lowest BCUT2D eigenvalue weighted by molar-refractivity contribution is 0.404. The van der Waals surface area contributed by atoms with Crippen LogP contribution in [-0.2, 0) is 0 Å². The van der Waals surface area contributed by atoms with Gasteiger partial charge in [-0.2, -0.15) is 0 Å². The summed E-state index contributed by atoms with van der Waals surface area (Å²) in [6, 6.07) is 4.24. The summed E-state index contributed by atoms with van der Waals surface area (Å²) in [5.41, 5.74) is 1.32. The lowest BCUT2D eigenvalue weighted by Crippen LogP contribution is -2.08. The number of ether oxygens (including phenoxy) is 1. The van der Waals surface area contributed by atoms with Crippen molar-refractivity contribution in [3.05, 3.63) is 22.7 Å². The summed E-state index contributed by atoms with van der Waals surface area (Å²) in [5.74, 6) is 1.39. The van der Waals surface area contributed by atoms with E-state index in [-0.39, 0.29) is 0 Å². The van der Waals surface area contributed by atoms with Crippen molar-refractivity contribution < 1.29 is 4.74 Å². The van der Waals surface area contributed by atoms with Gasteiger partial charge in [-0.3, -0.25) is 0 Å². The summed E-state index contributed by atoms with van der Waals surface area (Å²) in [7, 11) is 1.66. The molecule has 0 spiro atoms. The fourth-order valence-electron chi connectivity index (χ4n) is 2.11. The molecule has 88 valence electrons. The molecule has 1 aliphatic heterocycles. The largest absolute Gasteiger partial charge is 0.494 e. The lowest BCUT2D eigenvalue weighted by atomic mass is 9.98. The van der Waals surface area contributed by atoms with Crippen LogP contribution in [0.5, 0.6) is 5.75 Å². The standard InChI is InChI=1S/C12H16ClNOS/c1-15-12-10(13)5-9(6-11(12)16-2)8-3-4-14-7-8/h5-6,8,14H,3-4,7H2,1-2H3. The lowest BCUT2D eigenvalue weighted by Gasteiger charge is -2.14. The summed E-state index contributed by atoms with van der Waals surface area (Å²) in [5, 5.41) is 4.09. The van der Waals surface area contributed by atoms with Crippen molar-refractivity contribution in [2.75, 3.05) is 26.5 Å². The molecule has 0 aliphatic carbocycles. The Morgan fingerprint density at radius 1 is 1.50 bits per heavy atom. The Balaban J connectivity index is 2.36. The van der Waals surface area contributed by atoms with E-state index in [0.29, 0.717) is 5.92 Å². The van der Waals surface area contributed by atoms with Gasteiger partial charge in [0.15, 0.2) is 5.75 Å². The number of halogens is 1. The number of nitrogens with one attached hydrogen (secondary N) is 1. The molecule has 1 heterocycles. The van der Waals surface area contributed by atoms with Crippen molar-refractivity contribution in [3.8, 4) is 5.75 Å². The molecule has 1 saturated heterocycles. The molecule has 0 saturated carbocycles. The predicted octanol–water partition coefficient (Wildman–Crippen LogP) is 3.15. The first-order valence-electron chi connectivity index (χ1n) is 5.38. The Bertz CT molecular complexity index is 378. The second-order valence-corrected chi connectivity index (χ2v) is 5.18. The fraction of sp³-hybridized carbons (Fsp3) is 0.500. The summed E-state index contributed by atoms with van der Waals surface area (Å²) < 4.78 is 5.32. The smallest absolute Gasteiger partial charge is 0.150 e. The molecular weight excluding hydrogens is 242 g/mol. The predicted molar refractivity (Wildman–Crippen MR) is 70.0 cm³/mol. The highest BCUT2D eigenvalue weighted by Crippen LogP contribution is 2.38. The molecule has 1 N–H and O–H groups in total. The van der Waals surface area contributed by atoms with Crippen LogP contribution in [0.4, 0.5) is 0 Å². The molecule has 0 amide bonds. The highest BCUT2D eigenvalue weighted by atomic mass is 35.5. The van der Waals surface area contributed by atoms with Crippen LogP contribution < -0.4 is 10.1 Å². The molecular formula is C12H16ClNOS. The Morgan fingerprint density at radius 3 is 2.88 bits per heavy atom. The Morgan fingerprint density at radius 2 is 2.31 bits per heavy atom. The average Bonchev–Trinajstić information content (AvgIpc) is 2.81. The molecule has 1 atom stereocenters. The summed E-state index contributed by atoms with van der Waals surface area (Å²) in [6.45, 7) is 2.15. The van der Waals surface area contributed by atoms with Gasteiger partial charge in [0, 0.05) is 6.54 Å². The zero-order valence-corrected chi connectivity index (χ0v) is 11.1. The van der Waals surface area contributed by atoms with E-state index in [9.17, 15) is 0 Å². The maximum atomic E-state index is 6.23. The molecule has 2 rings (SSSR count). The number of hydrogen-bond acceptors (Lipinski definition) is 3.